The second-order valence-electron chi connectivity index (χ2n) is 6.14. The molecule has 0 bridgehead atoms. The minimum absolute atomic E-state index is 0. The van der Waals surface area contributed by atoms with Gasteiger partial charge in [0.1, 0.15) is 9.78 Å². The SMILES string of the molecule is CC.CCN1c2nc(C3CC3)sc2C(O)=C(c2ccccc2C)S1(=O)=O.[CH3-].[Y]. The van der Waals surface area contributed by atoms with E-state index in [9.17, 15) is 13.5 Å². The molecule has 4 rings (SSSR count). The number of anilines is 1. The molecule has 1 aliphatic heterocycles. The van der Waals surface area contributed by atoms with Crippen molar-refractivity contribution in [2.75, 3.05) is 10.8 Å². The number of sulfonamides is 1. The van der Waals surface area contributed by atoms with Gasteiger partial charge >= 0.3 is 0 Å². The van der Waals surface area contributed by atoms with E-state index in [1.54, 1.807) is 19.1 Å². The van der Waals surface area contributed by atoms with Crippen LogP contribution >= 0.6 is 11.3 Å². The first-order valence-corrected chi connectivity index (χ1v) is 11.2. The first-order valence-electron chi connectivity index (χ1n) is 8.98. The maximum absolute atomic E-state index is 13.1. The fraction of sp³-hybridized carbons (Fsp3) is 0.400. The molecule has 0 saturated heterocycles. The molecule has 151 valence electrons. The Morgan fingerprint density at radius 3 is 2.39 bits per heavy atom. The van der Waals surface area contributed by atoms with Gasteiger partial charge in [-0.15, -0.1) is 11.3 Å². The average molecular weight is 496 g/mol. The summed E-state index contributed by atoms with van der Waals surface area (Å²) in [4.78, 5) is 5.08. The van der Waals surface area contributed by atoms with Crippen LogP contribution in [-0.2, 0) is 42.7 Å². The number of benzene rings is 1. The number of aromatic nitrogens is 1. The molecule has 2 aromatic rings. The van der Waals surface area contributed by atoms with Crippen molar-refractivity contribution < 1.29 is 46.2 Å². The largest absolute Gasteiger partial charge is 0.505 e. The molecule has 5 nitrogen and oxygen atoms in total. The summed E-state index contributed by atoms with van der Waals surface area (Å²) in [6.07, 6.45) is 2.17. The number of fused-ring (bicyclic) bond motifs is 1. The van der Waals surface area contributed by atoms with E-state index < -0.39 is 10.0 Å². The van der Waals surface area contributed by atoms with Crippen molar-refractivity contribution in [3.05, 3.63) is 52.7 Å². The van der Waals surface area contributed by atoms with Crippen LogP contribution in [0.2, 0.25) is 0 Å². The Labute approximate surface area is 197 Å². The number of rotatable bonds is 3. The monoisotopic (exact) mass is 496 g/mol. The molecule has 1 saturated carbocycles. The number of hydrogen-bond donors (Lipinski definition) is 1. The normalized spacial score (nSPS) is 16.9. The van der Waals surface area contributed by atoms with Gasteiger partial charge in [0.05, 0.1) is 5.01 Å². The van der Waals surface area contributed by atoms with Crippen LogP contribution in [0.3, 0.4) is 0 Å². The molecule has 1 radical (unpaired) electrons. The molecule has 28 heavy (non-hydrogen) atoms. The Kier molecular flexibility index (Phi) is 8.88. The Morgan fingerprint density at radius 1 is 1.25 bits per heavy atom. The predicted octanol–water partition coefficient (Wildman–Crippen LogP) is 5.36. The van der Waals surface area contributed by atoms with Gasteiger partial charge in [0.15, 0.2) is 11.6 Å². The molecule has 0 amide bonds. The first kappa shape index (κ1) is 25.3. The number of nitrogens with zero attached hydrogens (tertiary/aromatic N) is 2. The molecule has 8 heteroatoms. The van der Waals surface area contributed by atoms with Crippen LogP contribution in [0.15, 0.2) is 24.3 Å². The van der Waals surface area contributed by atoms with E-state index in [-0.39, 0.29) is 57.3 Å². The van der Waals surface area contributed by atoms with E-state index in [1.807, 2.05) is 32.9 Å². The van der Waals surface area contributed by atoms with Gasteiger partial charge < -0.3 is 12.5 Å². The molecule has 1 aliphatic carbocycles. The molecule has 2 heterocycles. The smallest absolute Gasteiger partial charge is 0.269 e. The minimum Gasteiger partial charge on any atom is -0.505 e. The fourth-order valence-corrected chi connectivity index (χ4v) is 6.10. The summed E-state index contributed by atoms with van der Waals surface area (Å²) < 4.78 is 27.6. The van der Waals surface area contributed by atoms with Crippen LogP contribution in [0.4, 0.5) is 5.82 Å². The van der Waals surface area contributed by atoms with Gasteiger partial charge in [-0.1, -0.05) is 38.1 Å². The third-order valence-corrected chi connectivity index (χ3v) is 7.60. The van der Waals surface area contributed by atoms with Gasteiger partial charge in [0, 0.05) is 50.7 Å². The number of aliphatic hydroxyl groups excluding tert-OH is 1. The molecular weight excluding hydrogens is 469 g/mol. The quantitative estimate of drug-likeness (QED) is 0.581. The Bertz CT molecular complexity index is 964. The van der Waals surface area contributed by atoms with E-state index in [0.29, 0.717) is 22.2 Å². The van der Waals surface area contributed by atoms with E-state index in [0.717, 1.165) is 23.4 Å². The third-order valence-electron chi connectivity index (χ3n) is 4.44. The average Bonchev–Trinajstić information content (AvgIpc) is 3.38. The maximum Gasteiger partial charge on any atom is 0.269 e. The second-order valence-corrected chi connectivity index (χ2v) is 8.97. The summed E-state index contributed by atoms with van der Waals surface area (Å²) in [5.41, 5.74) is 1.36. The van der Waals surface area contributed by atoms with Crippen LogP contribution in [0.5, 0.6) is 0 Å². The van der Waals surface area contributed by atoms with Crippen molar-refractivity contribution in [3.8, 4) is 0 Å². The van der Waals surface area contributed by atoms with Gasteiger partial charge in [0.25, 0.3) is 10.0 Å². The molecule has 0 atom stereocenters. The number of thiazole rings is 1. The minimum atomic E-state index is -3.84. The number of aliphatic hydroxyl groups is 1. The van der Waals surface area contributed by atoms with E-state index in [2.05, 4.69) is 4.98 Å². The molecule has 0 unspecified atom stereocenters. The fourth-order valence-electron chi connectivity index (χ4n) is 3.02. The zero-order chi connectivity index (χ0) is 19.1. The Morgan fingerprint density at radius 2 is 1.86 bits per heavy atom. The zero-order valence-corrected chi connectivity index (χ0v) is 21.5. The molecule has 2 aliphatic rings. The predicted molar refractivity (Wildman–Crippen MR) is 114 cm³/mol. The van der Waals surface area contributed by atoms with E-state index in [1.165, 1.54) is 15.6 Å². The van der Waals surface area contributed by atoms with Gasteiger partial charge in [-0.2, -0.15) is 0 Å². The van der Waals surface area contributed by atoms with Crippen molar-refractivity contribution in [2.45, 2.75) is 46.5 Å². The Hall–Kier alpha value is -0.756. The van der Waals surface area contributed by atoms with Crippen LogP contribution in [0.25, 0.3) is 10.7 Å². The molecule has 1 aromatic carbocycles. The summed E-state index contributed by atoms with van der Waals surface area (Å²) in [5, 5.41) is 11.7. The van der Waals surface area contributed by atoms with Crippen molar-refractivity contribution in [1.29, 1.82) is 0 Å². The van der Waals surface area contributed by atoms with Crippen LogP contribution in [-0.4, -0.2) is 25.1 Å². The van der Waals surface area contributed by atoms with Crippen LogP contribution in [0, 0.1) is 14.4 Å². The summed E-state index contributed by atoms with van der Waals surface area (Å²) in [6, 6.07) is 7.22. The Balaban J connectivity index is 0.000000950. The van der Waals surface area contributed by atoms with Gasteiger partial charge in [-0.3, -0.25) is 0 Å². The van der Waals surface area contributed by atoms with Crippen molar-refractivity contribution in [2.24, 2.45) is 0 Å². The van der Waals surface area contributed by atoms with Crippen LogP contribution < -0.4 is 4.31 Å². The van der Waals surface area contributed by atoms with Crippen molar-refractivity contribution in [1.82, 2.24) is 4.98 Å². The third kappa shape index (κ3) is 4.23. The summed E-state index contributed by atoms with van der Waals surface area (Å²) in [6.45, 7) is 7.92. The zero-order valence-electron chi connectivity index (χ0n) is 17.1. The summed E-state index contributed by atoms with van der Waals surface area (Å²) in [7, 11) is -3.84. The number of hydrogen-bond acceptors (Lipinski definition) is 5. The van der Waals surface area contributed by atoms with Gasteiger partial charge in [0.2, 0.25) is 0 Å². The molecule has 1 fully saturated rings. The van der Waals surface area contributed by atoms with Crippen molar-refractivity contribution >= 4 is 37.8 Å². The van der Waals surface area contributed by atoms with Crippen molar-refractivity contribution in [3.63, 3.8) is 0 Å². The molecule has 1 N–H and O–H groups in total. The second kappa shape index (κ2) is 9.83. The van der Waals surface area contributed by atoms with Crippen LogP contribution in [0.1, 0.15) is 60.5 Å². The topological polar surface area (TPSA) is 70.5 Å². The molecule has 0 spiro atoms. The molecular formula is C20H27N2O3S2Y-. The number of aryl methyl sites for hydroxylation is 1. The van der Waals surface area contributed by atoms with E-state index >= 15 is 0 Å². The summed E-state index contributed by atoms with van der Waals surface area (Å²) in [5.74, 6) is 0.615. The maximum atomic E-state index is 13.1. The summed E-state index contributed by atoms with van der Waals surface area (Å²) >= 11 is 1.41. The molecule has 1 aromatic heterocycles. The standard InChI is InChI=1S/C17H18N2O3S2.C2H6.CH3.Y/c1-3-19-16-14(23-17(18-16)11-8-9-11)13(20)15(24(19,21)22)12-7-5-4-6-10(12)2;1-2;;/h4-7,11,20H,3,8-9H2,1-2H3;1-2H3;1H3;/q;;-1;. The van der Waals surface area contributed by atoms with Gasteiger partial charge in [-0.25, -0.2) is 17.7 Å². The first-order chi connectivity index (χ1) is 12.4. The van der Waals surface area contributed by atoms with E-state index in [4.69, 9.17) is 0 Å². The van der Waals surface area contributed by atoms with Gasteiger partial charge in [-0.05, 0) is 32.3 Å².